The lowest BCUT2D eigenvalue weighted by atomic mass is 9.32. The van der Waals surface area contributed by atoms with Gasteiger partial charge in [-0.05, 0) is 139 Å². The molecule has 0 amide bonds. The fraction of sp³-hybridized carbons (Fsp3) is 0.730. The summed E-state index contributed by atoms with van der Waals surface area (Å²) in [4.78, 5) is 15.5. The van der Waals surface area contributed by atoms with Crippen molar-refractivity contribution >= 4 is 12.0 Å². The molecule has 3 nitrogen and oxygen atoms in total. The summed E-state index contributed by atoms with van der Waals surface area (Å²) in [5.41, 5.74) is 5.57. The molecule has 1 heterocycles. The van der Waals surface area contributed by atoms with Crippen molar-refractivity contribution in [1.82, 2.24) is 4.98 Å². The van der Waals surface area contributed by atoms with Gasteiger partial charge in [-0.2, -0.15) is 0 Å². The van der Waals surface area contributed by atoms with Gasteiger partial charge < -0.3 is 4.74 Å². The van der Waals surface area contributed by atoms with Gasteiger partial charge in [-0.3, -0.25) is 9.78 Å². The first-order chi connectivity index (χ1) is 18.9. The number of pyridine rings is 1. The van der Waals surface area contributed by atoms with Crippen LogP contribution in [0.5, 0.6) is 5.75 Å². The molecule has 4 saturated carbocycles. The van der Waals surface area contributed by atoms with Crippen molar-refractivity contribution in [3.05, 3.63) is 42.3 Å². The molecule has 6 rings (SSSR count). The number of ether oxygens (including phenoxy) is 1. The zero-order valence-electron chi connectivity index (χ0n) is 26.3. The average Bonchev–Trinajstić information content (AvgIpc) is 3.30. The van der Waals surface area contributed by atoms with E-state index in [9.17, 15) is 4.79 Å². The minimum atomic E-state index is 0.0482. The first-order valence-electron chi connectivity index (χ1n) is 16.3. The number of fused-ring (bicyclic) bond motifs is 7. The third kappa shape index (κ3) is 3.60. The van der Waals surface area contributed by atoms with Crippen molar-refractivity contribution in [2.45, 2.75) is 113 Å². The lowest BCUT2D eigenvalue weighted by Crippen LogP contribution is -2.65. The summed E-state index contributed by atoms with van der Waals surface area (Å²) < 4.78 is 5.02. The molecule has 5 aliphatic carbocycles. The van der Waals surface area contributed by atoms with Crippen LogP contribution in [0.2, 0.25) is 0 Å². The van der Waals surface area contributed by atoms with Crippen LogP contribution >= 0.6 is 0 Å². The fourth-order valence-corrected chi connectivity index (χ4v) is 12.6. The molecule has 0 aromatic carbocycles. The number of carbonyl (C=O) groups excluding carboxylic acids is 1. The van der Waals surface area contributed by atoms with E-state index in [0.717, 1.165) is 35.8 Å². The molecule has 0 saturated heterocycles. The Balaban J connectivity index is 1.35. The molecule has 5 aliphatic rings. The van der Waals surface area contributed by atoms with E-state index in [1.54, 1.807) is 6.20 Å². The van der Waals surface area contributed by atoms with Crippen LogP contribution in [0.1, 0.15) is 118 Å². The van der Waals surface area contributed by atoms with Crippen molar-refractivity contribution in [2.24, 2.45) is 56.7 Å². The molecule has 0 radical (unpaired) electrons. The van der Waals surface area contributed by atoms with Gasteiger partial charge in [0, 0.05) is 0 Å². The van der Waals surface area contributed by atoms with E-state index in [2.05, 4.69) is 61.1 Å². The smallest absolute Gasteiger partial charge is 0.298 e. The third-order valence-corrected chi connectivity index (χ3v) is 14.7. The number of aromatic nitrogens is 1. The maximum Gasteiger partial charge on any atom is 0.298 e. The maximum absolute atomic E-state index is 10.8. The van der Waals surface area contributed by atoms with Crippen LogP contribution in [0, 0.1) is 56.7 Å². The molecule has 0 bridgehead atoms. The third-order valence-electron chi connectivity index (χ3n) is 14.7. The number of hydrogen-bond acceptors (Lipinski definition) is 3. The van der Waals surface area contributed by atoms with E-state index >= 15 is 0 Å². The van der Waals surface area contributed by atoms with E-state index in [4.69, 9.17) is 9.72 Å². The molecule has 0 N–H and O–H groups in total. The topological polar surface area (TPSA) is 39.2 Å². The molecule has 0 unspecified atom stereocenters. The highest BCUT2D eigenvalue weighted by Crippen LogP contribution is 2.78. The van der Waals surface area contributed by atoms with Gasteiger partial charge in [0.1, 0.15) is 5.75 Å². The van der Waals surface area contributed by atoms with Gasteiger partial charge in [-0.15, -0.1) is 0 Å². The SMILES string of the molecule is C=C(C)[C@@H]1CC[C@]2(CC)CC[C@]3(C)[C@H](CC[C@@H]4[C@@]5(C)CC=C(c6ccc(OC=O)cn6)C(C)(C)[C@@H]5CC[C@]43C)[C@@H]12. The van der Waals surface area contributed by atoms with E-state index in [-0.39, 0.29) is 5.41 Å². The van der Waals surface area contributed by atoms with Gasteiger partial charge in [0.25, 0.3) is 6.47 Å². The second kappa shape index (κ2) is 9.30. The van der Waals surface area contributed by atoms with Gasteiger partial charge >= 0.3 is 0 Å². The summed E-state index contributed by atoms with van der Waals surface area (Å²) in [5.74, 6) is 4.30. The van der Waals surface area contributed by atoms with Crippen LogP contribution in [0.4, 0.5) is 0 Å². The average molecular weight is 544 g/mol. The number of hydrogen-bond donors (Lipinski definition) is 0. The first-order valence-corrected chi connectivity index (χ1v) is 16.3. The van der Waals surface area contributed by atoms with E-state index in [0.29, 0.717) is 39.8 Å². The summed E-state index contributed by atoms with van der Waals surface area (Å²) in [6.07, 6.45) is 17.8. The molecular formula is C37H53NO2. The molecule has 9 atom stereocenters. The van der Waals surface area contributed by atoms with Crippen LogP contribution in [-0.4, -0.2) is 11.5 Å². The van der Waals surface area contributed by atoms with Gasteiger partial charge in [-0.25, -0.2) is 0 Å². The largest absolute Gasteiger partial charge is 0.427 e. The molecule has 3 heteroatoms. The Labute approximate surface area is 243 Å². The van der Waals surface area contributed by atoms with Gasteiger partial charge in [0.2, 0.25) is 0 Å². The van der Waals surface area contributed by atoms with Crippen molar-refractivity contribution in [2.75, 3.05) is 0 Å². The molecule has 40 heavy (non-hydrogen) atoms. The molecule has 1 aromatic rings. The van der Waals surface area contributed by atoms with E-state index in [1.807, 2.05) is 12.1 Å². The standard InChI is InChI=1S/C37H53NO2/c1-9-37-19-14-26(24(2)3)32(37)28-11-13-31-34(6)17-15-27(29-12-10-25(22-38-29)40-23-39)33(4,5)30(34)16-18-36(31,8)35(28,7)20-21-37/h10,12,15,22-23,26,28,30-32H,2,9,11,13-14,16-21H2,1,3-8H3/t26-,28+,30-,31+,32+,34-,35+,36+,37+/m0/s1. The lowest BCUT2D eigenvalue weighted by molar-refractivity contribution is -0.225. The first kappa shape index (κ1) is 28.2. The maximum atomic E-state index is 10.8. The van der Waals surface area contributed by atoms with Crippen LogP contribution in [0.3, 0.4) is 0 Å². The van der Waals surface area contributed by atoms with Crippen LogP contribution < -0.4 is 4.74 Å². The normalized spacial score (nSPS) is 45.3. The Morgan fingerprint density at radius 2 is 1.77 bits per heavy atom. The predicted octanol–water partition coefficient (Wildman–Crippen LogP) is 9.68. The second-order valence-electron chi connectivity index (χ2n) is 16.0. The molecule has 1 aromatic heterocycles. The minimum Gasteiger partial charge on any atom is -0.427 e. The van der Waals surface area contributed by atoms with Crippen molar-refractivity contribution in [3.8, 4) is 5.75 Å². The lowest BCUT2D eigenvalue weighted by Gasteiger charge is -2.72. The second-order valence-corrected chi connectivity index (χ2v) is 16.0. The van der Waals surface area contributed by atoms with E-state index in [1.165, 1.54) is 68.9 Å². The Morgan fingerprint density at radius 3 is 2.42 bits per heavy atom. The number of allylic oxidation sites excluding steroid dienone is 3. The Bertz CT molecular complexity index is 1210. The zero-order chi connectivity index (χ0) is 28.7. The monoisotopic (exact) mass is 543 g/mol. The summed E-state index contributed by atoms with van der Waals surface area (Å²) in [6, 6.07) is 3.91. The Morgan fingerprint density at radius 1 is 1.00 bits per heavy atom. The fourth-order valence-electron chi connectivity index (χ4n) is 12.6. The van der Waals surface area contributed by atoms with E-state index < -0.39 is 0 Å². The predicted molar refractivity (Wildman–Crippen MR) is 164 cm³/mol. The molecule has 218 valence electrons. The quantitative estimate of drug-likeness (QED) is 0.274. The van der Waals surface area contributed by atoms with Gasteiger partial charge in [0.15, 0.2) is 0 Å². The van der Waals surface area contributed by atoms with Crippen molar-refractivity contribution in [1.29, 1.82) is 0 Å². The van der Waals surface area contributed by atoms with Crippen LogP contribution in [0.25, 0.3) is 5.57 Å². The van der Waals surface area contributed by atoms with Crippen LogP contribution in [0.15, 0.2) is 36.6 Å². The highest BCUT2D eigenvalue weighted by atomic mass is 16.5. The van der Waals surface area contributed by atoms with Gasteiger partial charge in [-0.1, -0.05) is 66.2 Å². The molecule has 0 aliphatic heterocycles. The van der Waals surface area contributed by atoms with Crippen LogP contribution in [-0.2, 0) is 4.79 Å². The van der Waals surface area contributed by atoms with Crippen molar-refractivity contribution in [3.63, 3.8) is 0 Å². The zero-order valence-corrected chi connectivity index (χ0v) is 26.3. The Kier molecular flexibility index (Phi) is 6.56. The molecule has 4 fully saturated rings. The molecule has 0 spiro atoms. The summed E-state index contributed by atoms with van der Waals surface area (Å²) >= 11 is 0. The highest BCUT2D eigenvalue weighted by molar-refractivity contribution is 5.69. The Hall–Kier alpha value is -1.90. The summed E-state index contributed by atoms with van der Waals surface area (Å²) in [7, 11) is 0. The molecular weight excluding hydrogens is 490 g/mol. The number of rotatable bonds is 5. The highest BCUT2D eigenvalue weighted by Gasteiger charge is 2.70. The van der Waals surface area contributed by atoms with Crippen molar-refractivity contribution < 1.29 is 9.53 Å². The number of nitrogens with zero attached hydrogens (tertiary/aromatic N) is 1. The number of carbonyl (C=O) groups is 1. The minimum absolute atomic E-state index is 0.0482. The summed E-state index contributed by atoms with van der Waals surface area (Å²) in [6.45, 7) is 22.9. The summed E-state index contributed by atoms with van der Waals surface area (Å²) in [5, 5.41) is 0. The van der Waals surface area contributed by atoms with Gasteiger partial charge in [0.05, 0.1) is 11.9 Å².